The Morgan fingerprint density at radius 3 is 2.72 bits per heavy atom. The summed E-state index contributed by atoms with van der Waals surface area (Å²) in [5.74, 6) is 1.72. The van der Waals surface area contributed by atoms with Crippen LogP contribution < -0.4 is 0 Å². The Hall–Kier alpha value is -2.37. The summed E-state index contributed by atoms with van der Waals surface area (Å²) in [6, 6.07) is 16.3. The van der Waals surface area contributed by atoms with Crippen LogP contribution in [0.1, 0.15) is 30.2 Å². The predicted octanol–water partition coefficient (Wildman–Crippen LogP) is 5.95. The summed E-state index contributed by atoms with van der Waals surface area (Å²) in [5, 5.41) is 12.1. The Kier molecular flexibility index (Phi) is 5.02. The third-order valence-electron chi connectivity index (χ3n) is 5.49. The highest BCUT2D eigenvalue weighted by Gasteiger charge is 2.24. The molecule has 0 aliphatic heterocycles. The van der Waals surface area contributed by atoms with Crippen molar-refractivity contribution in [3.05, 3.63) is 70.4 Å². The number of halogens is 1. The molecule has 0 atom stereocenters. The summed E-state index contributed by atoms with van der Waals surface area (Å²) < 4.78 is 2.22. The fourth-order valence-electron chi connectivity index (χ4n) is 4.09. The third kappa shape index (κ3) is 3.32. The molecule has 0 radical (unpaired) electrons. The van der Waals surface area contributed by atoms with Crippen molar-refractivity contribution >= 4 is 34.3 Å². The van der Waals surface area contributed by atoms with E-state index >= 15 is 0 Å². The van der Waals surface area contributed by atoms with Gasteiger partial charge in [0.05, 0.1) is 5.52 Å². The molecule has 0 saturated carbocycles. The molecule has 2 aromatic heterocycles. The summed E-state index contributed by atoms with van der Waals surface area (Å²) in [7, 11) is 0. The number of para-hydroxylation sites is 1. The van der Waals surface area contributed by atoms with Gasteiger partial charge in [0.25, 0.3) is 0 Å². The lowest BCUT2D eigenvalue weighted by Crippen LogP contribution is -2.03. The number of nitrogens with zero attached hydrogens (tertiary/aromatic N) is 4. The van der Waals surface area contributed by atoms with Crippen molar-refractivity contribution in [2.45, 2.75) is 43.6 Å². The van der Waals surface area contributed by atoms with Gasteiger partial charge >= 0.3 is 0 Å². The molecule has 4 nitrogen and oxygen atoms in total. The molecule has 0 spiro atoms. The van der Waals surface area contributed by atoms with Crippen molar-refractivity contribution in [1.29, 1.82) is 0 Å². The van der Waals surface area contributed by atoms with E-state index in [1.165, 1.54) is 16.8 Å². The quantitative estimate of drug-likeness (QED) is 0.374. The molecule has 5 rings (SSSR count). The second-order valence-corrected chi connectivity index (χ2v) is 8.56. The van der Waals surface area contributed by atoms with Crippen molar-refractivity contribution in [1.82, 2.24) is 19.7 Å². The van der Waals surface area contributed by atoms with Crippen molar-refractivity contribution < 1.29 is 0 Å². The standard InChI is InChI=1S/C23H21ClN4S/c1-2-28-22(26-27-23(28)29-14-15-8-3-5-11-18(15)24)21-16-9-4-6-12-19(16)25-20-13-7-10-17(20)21/h3-6,8-9,11-12H,2,7,10,13-14H2,1H3. The first-order valence-electron chi connectivity index (χ1n) is 9.96. The normalized spacial score (nSPS) is 13.2. The maximum absolute atomic E-state index is 6.33. The highest BCUT2D eigenvalue weighted by atomic mass is 35.5. The topological polar surface area (TPSA) is 43.6 Å². The van der Waals surface area contributed by atoms with E-state index in [0.29, 0.717) is 0 Å². The van der Waals surface area contributed by atoms with Crippen molar-refractivity contribution in [2.24, 2.45) is 0 Å². The lowest BCUT2D eigenvalue weighted by molar-refractivity contribution is 0.687. The number of hydrogen-bond acceptors (Lipinski definition) is 4. The van der Waals surface area contributed by atoms with E-state index in [2.05, 4.69) is 52.0 Å². The van der Waals surface area contributed by atoms with Crippen LogP contribution in [0, 0.1) is 0 Å². The molecule has 29 heavy (non-hydrogen) atoms. The number of aromatic nitrogens is 4. The van der Waals surface area contributed by atoms with Crippen LogP contribution >= 0.6 is 23.4 Å². The maximum Gasteiger partial charge on any atom is 0.191 e. The number of pyridine rings is 1. The molecule has 2 heterocycles. The fraction of sp³-hybridized carbons (Fsp3) is 0.261. The first kappa shape index (κ1) is 18.6. The van der Waals surface area contributed by atoms with Gasteiger partial charge in [-0.2, -0.15) is 0 Å². The Morgan fingerprint density at radius 2 is 1.86 bits per heavy atom. The van der Waals surface area contributed by atoms with Crippen LogP contribution in [-0.4, -0.2) is 19.7 Å². The van der Waals surface area contributed by atoms with Gasteiger partial charge in [0, 0.05) is 34.0 Å². The number of benzene rings is 2. The zero-order valence-corrected chi connectivity index (χ0v) is 17.8. The van der Waals surface area contributed by atoms with Crippen LogP contribution in [-0.2, 0) is 25.1 Å². The second-order valence-electron chi connectivity index (χ2n) is 7.21. The van der Waals surface area contributed by atoms with Gasteiger partial charge in [0.1, 0.15) is 0 Å². The van der Waals surface area contributed by atoms with Crippen molar-refractivity contribution in [3.63, 3.8) is 0 Å². The lowest BCUT2D eigenvalue weighted by Gasteiger charge is -2.13. The van der Waals surface area contributed by atoms with E-state index < -0.39 is 0 Å². The molecule has 2 aromatic carbocycles. The van der Waals surface area contributed by atoms with E-state index in [9.17, 15) is 0 Å². The first-order chi connectivity index (χ1) is 14.3. The molecule has 0 saturated heterocycles. The Morgan fingerprint density at radius 1 is 1.03 bits per heavy atom. The summed E-state index contributed by atoms with van der Waals surface area (Å²) in [6.07, 6.45) is 3.25. The number of thioether (sulfide) groups is 1. The minimum atomic E-state index is 0.771. The van der Waals surface area contributed by atoms with Gasteiger partial charge in [-0.15, -0.1) is 10.2 Å². The van der Waals surface area contributed by atoms with Gasteiger partial charge in [-0.05, 0) is 49.4 Å². The van der Waals surface area contributed by atoms with E-state index in [1.54, 1.807) is 11.8 Å². The summed E-state index contributed by atoms with van der Waals surface area (Å²) in [6.45, 7) is 2.97. The SMILES string of the molecule is CCn1c(SCc2ccccc2Cl)nnc1-c1c2c(nc3ccccc13)CCC2. The summed E-state index contributed by atoms with van der Waals surface area (Å²) in [4.78, 5) is 4.91. The molecule has 0 N–H and O–H groups in total. The highest BCUT2D eigenvalue weighted by molar-refractivity contribution is 7.98. The average Bonchev–Trinajstić information content (AvgIpc) is 3.37. The van der Waals surface area contributed by atoms with Crippen molar-refractivity contribution in [2.75, 3.05) is 0 Å². The minimum absolute atomic E-state index is 0.771. The monoisotopic (exact) mass is 420 g/mol. The summed E-state index contributed by atoms with van der Waals surface area (Å²) >= 11 is 8.01. The molecule has 146 valence electrons. The van der Waals surface area contributed by atoms with Gasteiger partial charge in [0.2, 0.25) is 0 Å². The fourth-order valence-corrected chi connectivity index (χ4v) is 5.38. The summed E-state index contributed by atoms with van der Waals surface area (Å²) in [5.41, 5.74) is 5.92. The predicted molar refractivity (Wildman–Crippen MR) is 119 cm³/mol. The van der Waals surface area contributed by atoms with Gasteiger partial charge in [-0.25, -0.2) is 0 Å². The molecule has 0 unspecified atom stereocenters. The molecule has 4 aromatic rings. The second kappa shape index (κ2) is 7.81. The van der Waals surface area contributed by atoms with E-state index in [0.717, 1.165) is 64.0 Å². The van der Waals surface area contributed by atoms with Crippen LogP contribution in [0.15, 0.2) is 53.7 Å². The van der Waals surface area contributed by atoms with Gasteiger partial charge < -0.3 is 4.57 Å². The van der Waals surface area contributed by atoms with Gasteiger partial charge in [-0.3, -0.25) is 4.98 Å². The van der Waals surface area contributed by atoms with Crippen LogP contribution in [0.5, 0.6) is 0 Å². The number of hydrogen-bond donors (Lipinski definition) is 0. The van der Waals surface area contributed by atoms with Crippen LogP contribution in [0.4, 0.5) is 0 Å². The highest BCUT2D eigenvalue weighted by Crippen LogP contribution is 2.38. The Labute approximate surface area is 179 Å². The van der Waals surface area contributed by atoms with Gasteiger partial charge in [-0.1, -0.05) is 59.8 Å². The van der Waals surface area contributed by atoms with Crippen LogP contribution in [0.2, 0.25) is 5.02 Å². The van der Waals surface area contributed by atoms with Crippen LogP contribution in [0.3, 0.4) is 0 Å². The smallest absolute Gasteiger partial charge is 0.191 e. The van der Waals surface area contributed by atoms with E-state index in [4.69, 9.17) is 16.6 Å². The largest absolute Gasteiger partial charge is 0.302 e. The molecular formula is C23H21ClN4S. The molecular weight excluding hydrogens is 400 g/mol. The van der Waals surface area contributed by atoms with Crippen LogP contribution in [0.25, 0.3) is 22.3 Å². The van der Waals surface area contributed by atoms with E-state index in [-0.39, 0.29) is 0 Å². The third-order valence-corrected chi connectivity index (χ3v) is 6.87. The number of aryl methyl sites for hydroxylation is 1. The lowest BCUT2D eigenvalue weighted by atomic mass is 10.0. The first-order valence-corrected chi connectivity index (χ1v) is 11.3. The number of fused-ring (bicyclic) bond motifs is 2. The van der Waals surface area contributed by atoms with E-state index in [1.807, 2.05) is 18.2 Å². The molecule has 0 amide bonds. The minimum Gasteiger partial charge on any atom is -0.302 e. The molecule has 1 aliphatic carbocycles. The molecule has 1 aliphatic rings. The molecule has 0 bridgehead atoms. The molecule has 6 heteroatoms. The van der Waals surface area contributed by atoms with Crippen molar-refractivity contribution in [3.8, 4) is 11.4 Å². The zero-order valence-electron chi connectivity index (χ0n) is 16.2. The van der Waals surface area contributed by atoms with Gasteiger partial charge in [0.15, 0.2) is 11.0 Å². The molecule has 0 fully saturated rings. The average molecular weight is 421 g/mol. The Balaban J connectivity index is 1.59. The maximum atomic E-state index is 6.33. The number of rotatable bonds is 5. The Bertz CT molecular complexity index is 1200. The zero-order chi connectivity index (χ0) is 19.8.